The average Bonchev–Trinajstić information content (AvgIpc) is 2.67. The van der Waals surface area contributed by atoms with Crippen molar-refractivity contribution in [3.63, 3.8) is 0 Å². The van der Waals surface area contributed by atoms with Crippen LogP contribution in [-0.2, 0) is 14.3 Å². The van der Waals surface area contributed by atoms with Crippen molar-refractivity contribution in [1.29, 1.82) is 0 Å². The summed E-state index contributed by atoms with van der Waals surface area (Å²) in [5.74, 6) is -0.800. The number of benzene rings is 1. The van der Waals surface area contributed by atoms with Gasteiger partial charge in [0.05, 0.1) is 5.56 Å². The largest absolute Gasteiger partial charge is 0.396 e. The Morgan fingerprint density at radius 3 is 2.00 bits per heavy atom. The lowest BCUT2D eigenvalue weighted by molar-refractivity contribution is 0.0762. The molecule has 1 heterocycles. The van der Waals surface area contributed by atoms with E-state index >= 15 is 0 Å². The van der Waals surface area contributed by atoms with E-state index in [4.69, 9.17) is 10.2 Å². The fourth-order valence-electron chi connectivity index (χ4n) is 1.62. The maximum Gasteiger partial charge on any atom is 0.355 e. The molecule has 0 aromatic heterocycles. The van der Waals surface area contributed by atoms with Crippen LogP contribution in [0.15, 0.2) is 29.2 Å². The lowest BCUT2D eigenvalue weighted by Gasteiger charge is -1.93. The molecule has 1 aliphatic heterocycles. The van der Waals surface area contributed by atoms with Crippen LogP contribution in [-0.4, -0.2) is 37.8 Å². The number of aliphatic hydroxyl groups excluding tert-OH is 2. The van der Waals surface area contributed by atoms with Gasteiger partial charge in [-0.15, -0.1) is 0 Å². The molecule has 0 bridgehead atoms. The van der Waals surface area contributed by atoms with Crippen molar-refractivity contribution >= 4 is 16.1 Å². The molecule has 0 radical (unpaired) electrons. The quantitative estimate of drug-likeness (QED) is 0.623. The first kappa shape index (κ1) is 16.6. The van der Waals surface area contributed by atoms with Crippen molar-refractivity contribution in [2.24, 2.45) is 0 Å². The summed E-state index contributed by atoms with van der Waals surface area (Å²) >= 11 is 0. The van der Waals surface area contributed by atoms with Gasteiger partial charge in [-0.3, -0.25) is 0 Å². The fourth-order valence-corrected chi connectivity index (χ4v) is 2.66. The summed E-state index contributed by atoms with van der Waals surface area (Å²) in [6.07, 6.45) is 3.83. The van der Waals surface area contributed by atoms with Gasteiger partial charge in [-0.2, -0.15) is 8.42 Å². The van der Waals surface area contributed by atoms with Crippen LogP contribution in [0.2, 0.25) is 0 Å². The molecular weight excluding hydrogens is 284 g/mol. The Bertz CT molecular complexity index is 532. The molecule has 1 aliphatic rings. The second-order valence-electron chi connectivity index (χ2n) is 4.18. The van der Waals surface area contributed by atoms with Gasteiger partial charge in [0, 0.05) is 13.2 Å². The topological polar surface area (TPSA) is 101 Å². The van der Waals surface area contributed by atoms with Gasteiger partial charge in [0.25, 0.3) is 0 Å². The molecule has 20 heavy (non-hydrogen) atoms. The van der Waals surface area contributed by atoms with E-state index < -0.39 is 16.1 Å². The molecule has 0 aliphatic carbocycles. The molecule has 0 saturated carbocycles. The first-order valence-corrected chi connectivity index (χ1v) is 7.73. The zero-order valence-corrected chi connectivity index (χ0v) is 11.8. The van der Waals surface area contributed by atoms with Crippen molar-refractivity contribution in [1.82, 2.24) is 0 Å². The molecule has 1 aromatic rings. The van der Waals surface area contributed by atoms with Crippen LogP contribution in [0.25, 0.3) is 0 Å². The van der Waals surface area contributed by atoms with Crippen LogP contribution >= 0.6 is 0 Å². The van der Waals surface area contributed by atoms with Crippen molar-refractivity contribution < 1.29 is 27.6 Å². The zero-order chi connectivity index (χ0) is 15.0. The number of rotatable bonds is 5. The van der Waals surface area contributed by atoms with Gasteiger partial charge < -0.3 is 14.4 Å². The minimum atomic E-state index is -3.80. The van der Waals surface area contributed by atoms with Crippen molar-refractivity contribution in [2.45, 2.75) is 30.6 Å². The summed E-state index contributed by atoms with van der Waals surface area (Å²) < 4.78 is 26.2. The Kier molecular flexibility index (Phi) is 6.63. The molecule has 112 valence electrons. The predicted molar refractivity (Wildman–Crippen MR) is 71.7 cm³/mol. The number of fused-ring (bicyclic) bond motifs is 1. The Hall–Kier alpha value is -1.44. The van der Waals surface area contributed by atoms with Gasteiger partial charge in [-0.1, -0.05) is 25.0 Å². The number of hydrogen-bond donors (Lipinski definition) is 2. The molecule has 0 amide bonds. The normalized spacial score (nSPS) is 15.0. The highest BCUT2D eigenvalue weighted by atomic mass is 32.2. The lowest BCUT2D eigenvalue weighted by atomic mass is 10.2. The average molecular weight is 302 g/mol. The SMILES string of the molecule is O=C1OS(=O)(=O)c2ccccc21.OCCCCCCO. The molecular formula is C13H18O6S. The van der Waals surface area contributed by atoms with Gasteiger partial charge >= 0.3 is 16.1 Å². The third-order valence-electron chi connectivity index (χ3n) is 2.63. The Balaban J connectivity index is 0.000000221. The third-order valence-corrected chi connectivity index (χ3v) is 3.89. The highest BCUT2D eigenvalue weighted by molar-refractivity contribution is 7.87. The molecule has 0 spiro atoms. The molecule has 6 nitrogen and oxygen atoms in total. The number of hydrogen-bond acceptors (Lipinski definition) is 6. The smallest absolute Gasteiger partial charge is 0.355 e. The monoisotopic (exact) mass is 302 g/mol. The number of carbonyl (C=O) groups is 1. The Morgan fingerprint density at radius 2 is 1.50 bits per heavy atom. The van der Waals surface area contributed by atoms with E-state index in [-0.39, 0.29) is 23.7 Å². The molecule has 1 aromatic carbocycles. The van der Waals surface area contributed by atoms with E-state index in [1.165, 1.54) is 12.1 Å². The van der Waals surface area contributed by atoms with Gasteiger partial charge in [-0.05, 0) is 25.0 Å². The molecule has 7 heteroatoms. The van der Waals surface area contributed by atoms with Crippen molar-refractivity contribution in [2.75, 3.05) is 13.2 Å². The van der Waals surface area contributed by atoms with E-state index in [0.717, 1.165) is 25.7 Å². The molecule has 2 rings (SSSR count). The Morgan fingerprint density at radius 1 is 0.950 bits per heavy atom. The number of carbonyl (C=O) groups excluding carboxylic acids is 1. The number of unbranched alkanes of at least 4 members (excludes halogenated alkanes) is 3. The fraction of sp³-hybridized carbons (Fsp3) is 0.462. The van der Waals surface area contributed by atoms with E-state index in [0.29, 0.717) is 0 Å². The van der Waals surface area contributed by atoms with Crippen LogP contribution < -0.4 is 0 Å². The maximum absolute atomic E-state index is 11.0. The van der Waals surface area contributed by atoms with Crippen molar-refractivity contribution in [3.8, 4) is 0 Å². The third kappa shape index (κ3) is 4.59. The van der Waals surface area contributed by atoms with Crippen molar-refractivity contribution in [3.05, 3.63) is 29.8 Å². The highest BCUT2D eigenvalue weighted by Gasteiger charge is 2.34. The maximum atomic E-state index is 11.0. The second-order valence-corrected chi connectivity index (χ2v) is 5.70. The Labute approximate surface area is 118 Å². The van der Waals surface area contributed by atoms with E-state index in [1.54, 1.807) is 12.1 Å². The van der Waals surface area contributed by atoms with Gasteiger partial charge in [0.1, 0.15) is 4.90 Å². The minimum Gasteiger partial charge on any atom is -0.396 e. The predicted octanol–water partition coefficient (Wildman–Crippen LogP) is 1.08. The van der Waals surface area contributed by atoms with E-state index in [9.17, 15) is 13.2 Å². The lowest BCUT2D eigenvalue weighted by Crippen LogP contribution is -1.99. The van der Waals surface area contributed by atoms with Crippen LogP contribution in [0.3, 0.4) is 0 Å². The highest BCUT2D eigenvalue weighted by Crippen LogP contribution is 2.26. The zero-order valence-electron chi connectivity index (χ0n) is 11.0. The molecule has 0 atom stereocenters. The van der Waals surface area contributed by atoms with Crippen LogP contribution in [0.4, 0.5) is 0 Å². The van der Waals surface area contributed by atoms with Gasteiger partial charge in [0.2, 0.25) is 0 Å². The molecule has 0 fully saturated rings. The first-order valence-electron chi connectivity index (χ1n) is 6.32. The number of aliphatic hydroxyl groups is 2. The summed E-state index contributed by atoms with van der Waals surface area (Å²) in [6.45, 7) is 0.566. The van der Waals surface area contributed by atoms with Crippen LogP contribution in [0.5, 0.6) is 0 Å². The summed E-state index contributed by atoms with van der Waals surface area (Å²) in [5.41, 5.74) is 0.109. The van der Waals surface area contributed by atoms with E-state index in [2.05, 4.69) is 4.18 Å². The van der Waals surface area contributed by atoms with Crippen LogP contribution in [0, 0.1) is 0 Å². The molecule has 0 saturated heterocycles. The first-order chi connectivity index (χ1) is 9.53. The minimum absolute atomic E-state index is 0.0463. The summed E-state index contributed by atoms with van der Waals surface area (Å²) in [5, 5.41) is 16.6. The molecule has 0 unspecified atom stereocenters. The standard InChI is InChI=1S/C7H4O4S.C6H14O2/c8-7-5-3-1-2-4-6(5)12(9,10)11-7;7-5-3-1-2-4-6-8/h1-4H;7-8H,1-6H2. The van der Waals surface area contributed by atoms with E-state index in [1.807, 2.05) is 0 Å². The second kappa shape index (κ2) is 7.98. The summed E-state index contributed by atoms with van der Waals surface area (Å²) in [7, 11) is -3.80. The van der Waals surface area contributed by atoms with Gasteiger partial charge in [-0.25, -0.2) is 4.79 Å². The molecule has 2 N–H and O–H groups in total. The summed E-state index contributed by atoms with van der Waals surface area (Å²) in [4.78, 5) is 10.8. The van der Waals surface area contributed by atoms with Gasteiger partial charge in [0.15, 0.2) is 0 Å². The van der Waals surface area contributed by atoms with Crippen LogP contribution in [0.1, 0.15) is 36.0 Å². The summed E-state index contributed by atoms with van der Waals surface area (Å²) in [6, 6.07) is 5.89.